The molecule has 2 aromatic rings. The number of pyridine rings is 1. The fraction of sp³-hybridized carbons (Fsp3) is 0.273. The number of anilines is 1. The Kier molecular flexibility index (Phi) is 7.39. The molecule has 0 aliphatic carbocycles. The van der Waals surface area contributed by atoms with E-state index in [1.807, 2.05) is 12.1 Å². The third kappa shape index (κ3) is 5.58. The van der Waals surface area contributed by atoms with Crippen molar-refractivity contribution in [2.45, 2.75) is 20.3 Å². The summed E-state index contributed by atoms with van der Waals surface area (Å²) in [5.41, 5.74) is 16.9. The lowest BCUT2D eigenvalue weighted by atomic mass is 10.0. The summed E-state index contributed by atoms with van der Waals surface area (Å²) in [6.45, 7) is 12.8. The summed E-state index contributed by atoms with van der Waals surface area (Å²) in [5, 5.41) is 5.13. The van der Waals surface area contributed by atoms with Crippen molar-refractivity contribution in [3.05, 3.63) is 72.8 Å². The Morgan fingerprint density at radius 2 is 1.97 bits per heavy atom. The third-order valence-corrected chi connectivity index (χ3v) is 4.57. The molecule has 7 nitrogen and oxygen atoms in total. The Morgan fingerprint density at radius 3 is 2.45 bits per heavy atom. The lowest BCUT2D eigenvalue weighted by Crippen LogP contribution is -2.26. The van der Waals surface area contributed by atoms with Crippen molar-refractivity contribution < 1.29 is 0 Å². The van der Waals surface area contributed by atoms with Gasteiger partial charge in [-0.3, -0.25) is 4.98 Å². The number of aromatic nitrogens is 1. The van der Waals surface area contributed by atoms with Crippen LogP contribution in [-0.2, 0) is 0 Å². The molecule has 0 amide bonds. The lowest BCUT2D eigenvalue weighted by Gasteiger charge is -2.22. The number of amidine groups is 1. The molecule has 154 valence electrons. The Bertz CT molecular complexity index is 885. The molecule has 1 aromatic carbocycles. The van der Waals surface area contributed by atoms with Crippen molar-refractivity contribution in [2.75, 3.05) is 18.5 Å². The Hall–Kier alpha value is -3.32. The van der Waals surface area contributed by atoms with Crippen LogP contribution in [0.1, 0.15) is 24.6 Å². The van der Waals surface area contributed by atoms with E-state index in [-0.39, 0.29) is 5.84 Å². The number of allylic oxidation sites excluding steroid dienone is 1. The van der Waals surface area contributed by atoms with Crippen molar-refractivity contribution in [3.8, 4) is 11.1 Å². The summed E-state index contributed by atoms with van der Waals surface area (Å²) in [5.74, 6) is 6.42. The Morgan fingerprint density at radius 1 is 1.31 bits per heavy atom. The first-order valence-corrected chi connectivity index (χ1v) is 9.44. The van der Waals surface area contributed by atoms with Crippen LogP contribution in [0, 0.1) is 12.8 Å². The van der Waals surface area contributed by atoms with Crippen LogP contribution in [0.25, 0.3) is 11.1 Å². The van der Waals surface area contributed by atoms with Crippen molar-refractivity contribution >= 4 is 11.5 Å². The molecule has 0 radical (unpaired) electrons. The average molecular weight is 394 g/mol. The van der Waals surface area contributed by atoms with Crippen LogP contribution in [0.2, 0.25) is 0 Å². The normalized spacial score (nSPS) is 16.3. The summed E-state index contributed by atoms with van der Waals surface area (Å²) in [7, 11) is 1.61. The van der Waals surface area contributed by atoms with E-state index in [2.05, 4.69) is 65.9 Å². The highest BCUT2D eigenvalue weighted by molar-refractivity contribution is 5.95. The minimum absolute atomic E-state index is 0.287. The number of hydrazine groups is 1. The number of hydrogen-bond donors (Lipinski definition) is 3. The SMILES string of the molecule is C=C1CC(C)CN1c1ccc(-c2ccc(/C(N)=N/N(C)N)nc2)cc1C.C=CN. The van der Waals surface area contributed by atoms with Gasteiger partial charge in [-0.25, -0.2) is 11.0 Å². The van der Waals surface area contributed by atoms with E-state index < -0.39 is 0 Å². The Labute approximate surface area is 173 Å². The number of hydrogen-bond acceptors (Lipinski definition) is 6. The molecule has 29 heavy (non-hydrogen) atoms. The largest absolute Gasteiger partial charge is 0.405 e. The predicted octanol–water partition coefficient (Wildman–Crippen LogP) is 2.93. The van der Waals surface area contributed by atoms with Gasteiger partial charge in [0, 0.05) is 36.7 Å². The molecule has 1 aliphatic heterocycles. The predicted molar refractivity (Wildman–Crippen MR) is 122 cm³/mol. The zero-order chi connectivity index (χ0) is 21.6. The monoisotopic (exact) mass is 393 g/mol. The maximum absolute atomic E-state index is 5.87. The lowest BCUT2D eigenvalue weighted by molar-refractivity contribution is 0.371. The van der Waals surface area contributed by atoms with Gasteiger partial charge in [-0.15, -0.1) is 5.10 Å². The van der Waals surface area contributed by atoms with Crippen LogP contribution in [0.4, 0.5) is 5.69 Å². The van der Waals surface area contributed by atoms with E-state index in [0.29, 0.717) is 11.6 Å². The van der Waals surface area contributed by atoms with E-state index in [0.717, 1.165) is 24.1 Å². The highest BCUT2D eigenvalue weighted by Gasteiger charge is 2.24. The second-order valence-electron chi connectivity index (χ2n) is 7.21. The van der Waals surface area contributed by atoms with Gasteiger partial charge in [0.05, 0.1) is 0 Å². The second-order valence-corrected chi connectivity index (χ2v) is 7.21. The molecule has 0 spiro atoms. The van der Waals surface area contributed by atoms with Gasteiger partial charge in [-0.1, -0.05) is 32.2 Å². The fourth-order valence-electron chi connectivity index (χ4n) is 3.36. The van der Waals surface area contributed by atoms with E-state index in [1.54, 1.807) is 13.2 Å². The van der Waals surface area contributed by atoms with E-state index in [9.17, 15) is 0 Å². The molecule has 1 atom stereocenters. The first-order valence-electron chi connectivity index (χ1n) is 9.44. The molecule has 0 bridgehead atoms. The van der Waals surface area contributed by atoms with Gasteiger partial charge in [0.25, 0.3) is 0 Å². The van der Waals surface area contributed by atoms with Gasteiger partial charge in [0.1, 0.15) is 5.69 Å². The first-order chi connectivity index (χ1) is 13.8. The van der Waals surface area contributed by atoms with E-state index in [1.165, 1.54) is 28.3 Å². The van der Waals surface area contributed by atoms with Crippen LogP contribution in [0.3, 0.4) is 0 Å². The summed E-state index contributed by atoms with van der Waals surface area (Å²) in [6, 6.07) is 10.3. The zero-order valence-corrected chi connectivity index (χ0v) is 17.5. The number of nitrogens with two attached hydrogens (primary N) is 3. The van der Waals surface area contributed by atoms with Crippen LogP contribution >= 0.6 is 0 Å². The number of benzene rings is 1. The number of aryl methyl sites for hydroxylation is 1. The maximum Gasteiger partial charge on any atom is 0.171 e. The summed E-state index contributed by atoms with van der Waals surface area (Å²) >= 11 is 0. The van der Waals surface area contributed by atoms with Gasteiger partial charge in [-0.05, 0) is 54.8 Å². The van der Waals surface area contributed by atoms with Gasteiger partial charge < -0.3 is 16.4 Å². The van der Waals surface area contributed by atoms with Crippen LogP contribution in [0.15, 0.2) is 66.7 Å². The number of nitrogens with zero attached hydrogens (tertiary/aromatic N) is 4. The highest BCUT2D eigenvalue weighted by Crippen LogP contribution is 2.34. The van der Waals surface area contributed by atoms with Gasteiger partial charge in [0.15, 0.2) is 5.84 Å². The number of rotatable bonds is 4. The highest BCUT2D eigenvalue weighted by atomic mass is 15.6. The topological polar surface area (TPSA) is 110 Å². The summed E-state index contributed by atoms with van der Waals surface area (Å²) < 4.78 is 0. The molecule has 6 N–H and O–H groups in total. The van der Waals surface area contributed by atoms with Gasteiger partial charge in [-0.2, -0.15) is 0 Å². The number of hydrazone groups is 1. The quantitative estimate of drug-likeness (QED) is 0.319. The molecule has 1 aliphatic rings. The fourth-order valence-corrected chi connectivity index (χ4v) is 3.36. The van der Waals surface area contributed by atoms with Gasteiger partial charge >= 0.3 is 0 Å². The van der Waals surface area contributed by atoms with Crippen LogP contribution in [0.5, 0.6) is 0 Å². The molecular weight excluding hydrogens is 362 g/mol. The third-order valence-electron chi connectivity index (χ3n) is 4.57. The van der Waals surface area contributed by atoms with Crippen molar-refractivity contribution in [1.29, 1.82) is 0 Å². The molecular formula is C22H31N7. The molecule has 0 saturated carbocycles. The van der Waals surface area contributed by atoms with Crippen LogP contribution < -0.4 is 22.2 Å². The van der Waals surface area contributed by atoms with E-state index >= 15 is 0 Å². The molecule has 7 heteroatoms. The average Bonchev–Trinajstić information content (AvgIpc) is 3.00. The second kappa shape index (κ2) is 9.75. The maximum atomic E-state index is 5.87. The zero-order valence-electron chi connectivity index (χ0n) is 17.5. The first kappa shape index (κ1) is 22.0. The molecule has 2 heterocycles. The van der Waals surface area contributed by atoms with Crippen molar-refractivity contribution in [3.63, 3.8) is 0 Å². The summed E-state index contributed by atoms with van der Waals surface area (Å²) in [4.78, 5) is 6.72. The van der Waals surface area contributed by atoms with Gasteiger partial charge in [0.2, 0.25) is 0 Å². The minimum Gasteiger partial charge on any atom is -0.405 e. The van der Waals surface area contributed by atoms with Crippen molar-refractivity contribution in [1.82, 2.24) is 10.1 Å². The summed E-state index contributed by atoms with van der Waals surface area (Å²) in [6.07, 6.45) is 4.12. The standard InChI is InChI=1S/C20H26N6.C2H5N/c1-13-9-15(3)26(12-13)19-8-6-16(10-14(19)2)17-5-7-18(23-11-17)20(21)24-25(4)22;1-2-3/h5-8,10-11,13H,3,9,12,22H2,1-2,4H3,(H2,21,24);2H,1,3H2. The van der Waals surface area contributed by atoms with Crippen LogP contribution in [-0.4, -0.2) is 29.5 Å². The Balaban J connectivity index is 0.000000941. The minimum atomic E-state index is 0.287. The van der Waals surface area contributed by atoms with E-state index in [4.69, 9.17) is 11.6 Å². The molecule has 1 saturated heterocycles. The van der Waals surface area contributed by atoms with Crippen molar-refractivity contribution in [2.24, 2.45) is 28.3 Å². The molecule has 1 aromatic heterocycles. The smallest absolute Gasteiger partial charge is 0.171 e. The molecule has 1 unspecified atom stereocenters. The molecule has 3 rings (SSSR count). The molecule has 1 fully saturated rings.